The van der Waals surface area contributed by atoms with E-state index in [1.165, 1.54) is 28.0 Å². The number of allylic oxidation sites excluding steroid dienone is 1. The van der Waals surface area contributed by atoms with E-state index >= 15 is 0 Å². The van der Waals surface area contributed by atoms with E-state index in [-0.39, 0.29) is 29.7 Å². The van der Waals surface area contributed by atoms with Gasteiger partial charge in [-0.1, -0.05) is 54.6 Å². The molecule has 0 aromatic heterocycles. The first-order valence-corrected chi connectivity index (χ1v) is 12.6. The summed E-state index contributed by atoms with van der Waals surface area (Å²) in [7, 11) is 0. The number of aromatic hydroxyl groups is 1. The van der Waals surface area contributed by atoms with Crippen molar-refractivity contribution < 1.29 is 18.7 Å². The predicted molar refractivity (Wildman–Crippen MR) is 134 cm³/mol. The van der Waals surface area contributed by atoms with Gasteiger partial charge in [0.05, 0.1) is 17.4 Å². The monoisotopic (exact) mass is 474 g/mol. The van der Waals surface area contributed by atoms with Gasteiger partial charge in [-0.05, 0) is 59.7 Å². The summed E-state index contributed by atoms with van der Waals surface area (Å²) in [6.45, 7) is 0.0497. The molecule has 1 aliphatic heterocycles. The van der Waals surface area contributed by atoms with Gasteiger partial charge >= 0.3 is 0 Å². The second-order valence-corrected chi connectivity index (χ2v) is 9.62. The summed E-state index contributed by atoms with van der Waals surface area (Å²) >= 11 is -1.99. The van der Waals surface area contributed by atoms with Gasteiger partial charge < -0.3 is 19.9 Å². The SMILES string of the molecule is O=C(NCCS(=O)O)c1cc(N2C3=C(CC2c2ccccc2)c2ccccc2CC3)ccc1O. The third-order valence-corrected chi connectivity index (χ3v) is 7.12. The zero-order chi connectivity index (χ0) is 23.7. The number of phenols is 1. The van der Waals surface area contributed by atoms with Crippen molar-refractivity contribution in [3.05, 3.63) is 101 Å². The Kier molecular flexibility index (Phi) is 6.22. The smallest absolute Gasteiger partial charge is 0.255 e. The van der Waals surface area contributed by atoms with E-state index in [0.717, 1.165) is 24.9 Å². The Balaban J connectivity index is 1.55. The molecule has 34 heavy (non-hydrogen) atoms. The Morgan fingerprint density at radius 3 is 2.59 bits per heavy atom. The summed E-state index contributed by atoms with van der Waals surface area (Å²) in [5, 5.41) is 13.0. The maximum atomic E-state index is 12.7. The molecule has 174 valence electrons. The van der Waals surface area contributed by atoms with Gasteiger partial charge in [-0.15, -0.1) is 0 Å². The number of nitrogens with one attached hydrogen (secondary N) is 1. The minimum atomic E-state index is -1.99. The lowest BCUT2D eigenvalue weighted by Crippen LogP contribution is -2.28. The first kappa shape index (κ1) is 22.4. The Bertz CT molecular complexity index is 1290. The van der Waals surface area contributed by atoms with Crippen LogP contribution in [-0.4, -0.2) is 32.1 Å². The van der Waals surface area contributed by atoms with Gasteiger partial charge in [-0.3, -0.25) is 4.79 Å². The molecule has 2 aliphatic rings. The fourth-order valence-electron chi connectivity index (χ4n) is 5.04. The number of rotatable bonds is 6. The first-order valence-electron chi connectivity index (χ1n) is 11.4. The highest BCUT2D eigenvalue weighted by molar-refractivity contribution is 7.79. The third kappa shape index (κ3) is 4.24. The number of fused-ring (bicyclic) bond motifs is 2. The van der Waals surface area contributed by atoms with Crippen molar-refractivity contribution in [3.8, 4) is 5.75 Å². The van der Waals surface area contributed by atoms with Gasteiger partial charge in [0.25, 0.3) is 5.91 Å². The van der Waals surface area contributed by atoms with Crippen LogP contribution in [0.5, 0.6) is 5.75 Å². The highest BCUT2D eigenvalue weighted by Gasteiger charge is 2.37. The van der Waals surface area contributed by atoms with E-state index in [1.807, 2.05) is 24.3 Å². The van der Waals surface area contributed by atoms with E-state index in [0.29, 0.717) is 0 Å². The summed E-state index contributed by atoms with van der Waals surface area (Å²) < 4.78 is 19.9. The number of benzene rings is 3. The van der Waals surface area contributed by atoms with Crippen molar-refractivity contribution in [3.63, 3.8) is 0 Å². The number of carbonyl (C=O) groups excluding carboxylic acids is 1. The molecule has 0 spiro atoms. The van der Waals surface area contributed by atoms with Crippen molar-refractivity contribution >= 4 is 28.2 Å². The van der Waals surface area contributed by atoms with Crippen LogP contribution in [0, 0.1) is 0 Å². The third-order valence-electron chi connectivity index (χ3n) is 6.57. The number of hydrogen-bond acceptors (Lipinski definition) is 4. The molecule has 0 radical (unpaired) electrons. The molecule has 2 unspecified atom stereocenters. The molecule has 7 heteroatoms. The van der Waals surface area contributed by atoms with Crippen LogP contribution in [0.2, 0.25) is 0 Å². The van der Waals surface area contributed by atoms with E-state index in [9.17, 15) is 14.1 Å². The topological polar surface area (TPSA) is 89.9 Å². The lowest BCUT2D eigenvalue weighted by molar-refractivity contribution is 0.0953. The molecule has 1 amide bonds. The summed E-state index contributed by atoms with van der Waals surface area (Å²) in [5.74, 6) is -0.655. The average Bonchev–Trinajstić information content (AvgIpc) is 3.25. The van der Waals surface area contributed by atoms with Crippen LogP contribution in [0.15, 0.2) is 78.5 Å². The van der Waals surface area contributed by atoms with E-state index < -0.39 is 17.0 Å². The van der Waals surface area contributed by atoms with Crippen LogP contribution >= 0.6 is 0 Å². The summed E-state index contributed by atoms with van der Waals surface area (Å²) in [4.78, 5) is 15.0. The number of carbonyl (C=O) groups is 1. The number of phenolic OH excluding ortho intramolecular Hbond substituents is 1. The molecule has 0 saturated heterocycles. The standard InChI is InChI=1S/C27H26N2O4S/c30-26-13-11-20(16-23(26)27(31)28-14-15-34(32)33)29-24-12-10-18-6-4-5-9-21(18)22(24)17-25(29)19-7-2-1-3-8-19/h1-9,11,13,16,25,30H,10,12,14-15,17H2,(H,28,31)(H,32,33). The van der Waals surface area contributed by atoms with Crippen molar-refractivity contribution in [2.75, 3.05) is 17.2 Å². The largest absolute Gasteiger partial charge is 0.507 e. The minimum absolute atomic E-state index is 0.0497. The number of nitrogens with zero attached hydrogens (tertiary/aromatic N) is 1. The Labute approximate surface area is 201 Å². The maximum absolute atomic E-state index is 12.7. The molecule has 3 aromatic rings. The molecule has 0 bridgehead atoms. The zero-order valence-electron chi connectivity index (χ0n) is 18.6. The predicted octanol–water partition coefficient (Wildman–Crippen LogP) is 4.65. The van der Waals surface area contributed by atoms with Crippen LogP contribution in [0.4, 0.5) is 5.69 Å². The van der Waals surface area contributed by atoms with Gasteiger partial charge in [0.1, 0.15) is 5.75 Å². The summed E-state index contributed by atoms with van der Waals surface area (Å²) in [5.41, 5.74) is 7.42. The Hall–Kier alpha value is -3.42. The molecular formula is C27H26N2O4S. The quantitative estimate of drug-likeness (QED) is 0.453. The summed E-state index contributed by atoms with van der Waals surface area (Å²) in [6.07, 6.45) is 2.72. The molecule has 3 aromatic carbocycles. The summed E-state index contributed by atoms with van der Waals surface area (Å²) in [6, 6.07) is 24.1. The number of anilines is 1. The molecule has 0 fully saturated rings. The highest BCUT2D eigenvalue weighted by atomic mass is 32.2. The van der Waals surface area contributed by atoms with Crippen molar-refractivity contribution in [2.45, 2.75) is 25.3 Å². The van der Waals surface area contributed by atoms with Crippen LogP contribution in [0.25, 0.3) is 5.57 Å². The fraction of sp³-hybridized carbons (Fsp3) is 0.222. The van der Waals surface area contributed by atoms with Crippen LogP contribution < -0.4 is 10.2 Å². The highest BCUT2D eigenvalue weighted by Crippen LogP contribution is 2.50. The molecule has 0 saturated carbocycles. The zero-order valence-corrected chi connectivity index (χ0v) is 19.4. The van der Waals surface area contributed by atoms with E-state index in [4.69, 9.17) is 4.55 Å². The molecule has 2 atom stereocenters. The minimum Gasteiger partial charge on any atom is -0.507 e. The molecule has 1 heterocycles. The van der Waals surface area contributed by atoms with Crippen LogP contribution in [0.3, 0.4) is 0 Å². The Morgan fingerprint density at radius 1 is 1.03 bits per heavy atom. The second-order valence-electron chi connectivity index (χ2n) is 8.57. The Morgan fingerprint density at radius 2 is 1.79 bits per heavy atom. The number of aryl methyl sites for hydroxylation is 1. The van der Waals surface area contributed by atoms with Gasteiger partial charge in [0, 0.05) is 17.9 Å². The van der Waals surface area contributed by atoms with E-state index in [1.54, 1.807) is 12.1 Å². The van der Waals surface area contributed by atoms with Crippen molar-refractivity contribution in [1.29, 1.82) is 0 Å². The lowest BCUT2D eigenvalue weighted by Gasteiger charge is -2.32. The van der Waals surface area contributed by atoms with Crippen molar-refractivity contribution in [2.24, 2.45) is 0 Å². The molecule has 3 N–H and O–H groups in total. The van der Waals surface area contributed by atoms with Gasteiger partial charge in [0.2, 0.25) is 0 Å². The molecule has 5 rings (SSSR count). The van der Waals surface area contributed by atoms with E-state index in [2.05, 4.69) is 46.6 Å². The lowest BCUT2D eigenvalue weighted by atomic mass is 9.88. The van der Waals surface area contributed by atoms with Crippen molar-refractivity contribution in [1.82, 2.24) is 5.32 Å². The molecule has 6 nitrogen and oxygen atoms in total. The number of hydrogen-bond donors (Lipinski definition) is 3. The average molecular weight is 475 g/mol. The van der Waals surface area contributed by atoms with Gasteiger partial charge in [-0.25, -0.2) is 4.21 Å². The van der Waals surface area contributed by atoms with Gasteiger partial charge in [-0.2, -0.15) is 0 Å². The number of amides is 1. The van der Waals surface area contributed by atoms with Crippen LogP contribution in [0.1, 0.15) is 45.9 Å². The fourth-order valence-corrected chi connectivity index (χ4v) is 5.32. The second kappa shape index (κ2) is 9.44. The maximum Gasteiger partial charge on any atom is 0.255 e. The normalized spacial score (nSPS) is 17.8. The molecular weight excluding hydrogens is 448 g/mol. The molecule has 1 aliphatic carbocycles. The van der Waals surface area contributed by atoms with Gasteiger partial charge in [0.15, 0.2) is 11.1 Å². The first-order chi connectivity index (χ1) is 16.5. The van der Waals surface area contributed by atoms with Crippen LogP contribution in [-0.2, 0) is 17.5 Å².